The number of aliphatic hydroxyl groups is 3. The second-order valence-corrected chi connectivity index (χ2v) is 18.9. The Labute approximate surface area is 302 Å². The lowest BCUT2D eigenvalue weighted by Gasteiger charge is -2.72. The lowest BCUT2D eigenvalue weighted by Crippen LogP contribution is -2.69. The van der Waals surface area contributed by atoms with Crippen molar-refractivity contribution < 1.29 is 53.8 Å². The normalized spacial score (nSPS) is 52.2. The number of allylic oxidation sites excluding steroid dienone is 2. The molecule has 0 aromatic heterocycles. The van der Waals surface area contributed by atoms with Crippen molar-refractivity contribution in [3.8, 4) is 0 Å². The van der Waals surface area contributed by atoms with Gasteiger partial charge in [0.25, 0.3) is 0 Å². The van der Waals surface area contributed by atoms with Crippen LogP contribution in [0.4, 0.5) is 0 Å². The molecule has 0 spiro atoms. The minimum Gasteiger partial charge on any atom is -0.481 e. The van der Waals surface area contributed by atoms with Gasteiger partial charge in [-0.15, -0.1) is 0 Å². The van der Waals surface area contributed by atoms with Crippen molar-refractivity contribution in [2.75, 3.05) is 6.61 Å². The topological polar surface area (TPSA) is 169 Å². The summed E-state index contributed by atoms with van der Waals surface area (Å²) in [6.07, 6.45) is 2.07. The minimum absolute atomic E-state index is 0.0244. The Morgan fingerprint density at radius 2 is 1.49 bits per heavy atom. The van der Waals surface area contributed by atoms with Gasteiger partial charge < -0.3 is 39.4 Å². The quantitative estimate of drug-likeness (QED) is 0.211. The molecule has 0 amide bonds. The monoisotopic (exact) mass is 718 g/mol. The maximum absolute atomic E-state index is 12.5. The van der Waals surface area contributed by atoms with Crippen LogP contribution in [-0.2, 0) is 33.3 Å². The van der Waals surface area contributed by atoms with E-state index in [1.54, 1.807) is 6.92 Å². The van der Waals surface area contributed by atoms with E-state index in [0.717, 1.165) is 38.5 Å². The average Bonchev–Trinajstić information content (AvgIpc) is 3.03. The van der Waals surface area contributed by atoms with E-state index in [4.69, 9.17) is 18.9 Å². The summed E-state index contributed by atoms with van der Waals surface area (Å²) in [6, 6.07) is 0. The number of carboxylic acid groups (broad SMARTS) is 1. The summed E-state index contributed by atoms with van der Waals surface area (Å²) < 4.78 is 23.1. The van der Waals surface area contributed by atoms with E-state index >= 15 is 0 Å². The number of rotatable bonds is 6. The van der Waals surface area contributed by atoms with E-state index in [1.165, 1.54) is 19.4 Å². The molecule has 0 unspecified atom stereocenters. The Bertz CT molecular complexity index is 1450. The van der Waals surface area contributed by atoms with Crippen LogP contribution in [0.25, 0.3) is 0 Å². The Balaban J connectivity index is 1.29. The van der Waals surface area contributed by atoms with Crippen LogP contribution in [0.5, 0.6) is 0 Å². The largest absolute Gasteiger partial charge is 0.481 e. The fraction of sp³-hybridized carbons (Fsp3) is 0.875. The molecular weight excluding hydrogens is 656 g/mol. The van der Waals surface area contributed by atoms with Crippen LogP contribution in [0.3, 0.4) is 0 Å². The van der Waals surface area contributed by atoms with Crippen LogP contribution in [0.2, 0.25) is 0 Å². The Morgan fingerprint density at radius 1 is 0.863 bits per heavy atom. The van der Waals surface area contributed by atoms with Crippen molar-refractivity contribution >= 4 is 17.9 Å². The van der Waals surface area contributed by atoms with Crippen LogP contribution in [-0.4, -0.2) is 87.9 Å². The summed E-state index contributed by atoms with van der Waals surface area (Å²) in [5, 5.41) is 45.3. The second kappa shape index (κ2) is 12.8. The van der Waals surface area contributed by atoms with E-state index in [0.29, 0.717) is 12.8 Å². The van der Waals surface area contributed by atoms with Crippen molar-refractivity contribution in [2.24, 2.45) is 50.2 Å². The molecule has 6 rings (SSSR count). The van der Waals surface area contributed by atoms with Crippen LogP contribution in [0, 0.1) is 50.2 Å². The van der Waals surface area contributed by atoms with Crippen LogP contribution in [0.15, 0.2) is 11.6 Å². The van der Waals surface area contributed by atoms with Crippen LogP contribution >= 0.6 is 0 Å². The summed E-state index contributed by atoms with van der Waals surface area (Å²) in [5.74, 6) is -1.77. The molecule has 4 N–H and O–H groups in total. The number of esters is 2. The van der Waals surface area contributed by atoms with Gasteiger partial charge in [0.2, 0.25) is 0 Å². The molecule has 1 aliphatic heterocycles. The third kappa shape index (κ3) is 5.73. The van der Waals surface area contributed by atoms with Gasteiger partial charge in [-0.25, -0.2) is 0 Å². The number of aliphatic hydroxyl groups excluding tert-OH is 3. The number of carbonyl (C=O) groups is 3. The summed E-state index contributed by atoms with van der Waals surface area (Å²) in [4.78, 5) is 36.3. The second-order valence-electron chi connectivity index (χ2n) is 18.9. The Kier molecular flexibility index (Phi) is 9.69. The fourth-order valence-electron chi connectivity index (χ4n) is 12.6. The molecule has 0 aromatic rings. The van der Waals surface area contributed by atoms with Crippen molar-refractivity contribution in [2.45, 2.75) is 163 Å². The van der Waals surface area contributed by atoms with E-state index < -0.39 is 77.1 Å². The highest BCUT2D eigenvalue weighted by atomic mass is 16.7. The molecule has 1 saturated heterocycles. The third-order valence-corrected chi connectivity index (χ3v) is 16.2. The first-order valence-electron chi connectivity index (χ1n) is 19.2. The van der Waals surface area contributed by atoms with Gasteiger partial charge in [-0.3, -0.25) is 14.4 Å². The molecule has 5 aliphatic carbocycles. The maximum Gasteiger partial charge on any atom is 0.309 e. The predicted octanol–water partition coefficient (Wildman–Crippen LogP) is 5.17. The SMILES string of the molecule is CC(=O)O[C@@H]1[C@@H](OC(C)=O)[C@@H](O)[C@H](OC[C@]2(C)[C@@H](O)C[C@H](O)[C@@]3(C)[C@H]2CC[C@]2(C)[C@H]3CC=C3[C@@H]4C[C@](C)(C(=O)O)CC[C@]4(C)CC[C@]32C)O[C@H]1C. The van der Waals surface area contributed by atoms with Gasteiger partial charge in [-0.2, -0.15) is 0 Å². The fourth-order valence-corrected chi connectivity index (χ4v) is 12.6. The van der Waals surface area contributed by atoms with Crippen LogP contribution < -0.4 is 0 Å². The molecule has 11 heteroatoms. The van der Waals surface area contributed by atoms with Gasteiger partial charge >= 0.3 is 17.9 Å². The maximum atomic E-state index is 12.5. The van der Waals surface area contributed by atoms with Gasteiger partial charge in [-0.05, 0) is 99.2 Å². The van der Waals surface area contributed by atoms with E-state index in [9.17, 15) is 34.8 Å². The molecule has 0 radical (unpaired) electrons. The third-order valence-electron chi connectivity index (χ3n) is 16.2. The first-order valence-corrected chi connectivity index (χ1v) is 19.2. The minimum atomic E-state index is -1.45. The zero-order valence-electron chi connectivity index (χ0n) is 32.1. The molecule has 1 heterocycles. The number of carboxylic acids is 1. The zero-order valence-corrected chi connectivity index (χ0v) is 32.1. The first kappa shape index (κ1) is 38.7. The lowest BCUT2D eigenvalue weighted by atomic mass is 9.33. The molecule has 0 bridgehead atoms. The van der Waals surface area contributed by atoms with Gasteiger partial charge in [-0.1, -0.05) is 46.3 Å². The summed E-state index contributed by atoms with van der Waals surface area (Å²) in [6.45, 7) is 17.4. The van der Waals surface area contributed by atoms with Crippen LogP contribution in [0.1, 0.15) is 120 Å². The smallest absolute Gasteiger partial charge is 0.309 e. The van der Waals surface area contributed by atoms with E-state index in [2.05, 4.69) is 33.8 Å². The highest BCUT2D eigenvalue weighted by Gasteiger charge is 2.71. The summed E-state index contributed by atoms with van der Waals surface area (Å²) in [5.41, 5.74) is -0.944. The van der Waals surface area contributed by atoms with Gasteiger partial charge in [0.15, 0.2) is 18.5 Å². The zero-order chi connectivity index (χ0) is 37.7. The number of hydrogen-bond donors (Lipinski definition) is 4. The average molecular weight is 719 g/mol. The number of ether oxygens (including phenoxy) is 4. The van der Waals surface area contributed by atoms with Gasteiger partial charge in [0.1, 0.15) is 6.10 Å². The lowest BCUT2D eigenvalue weighted by molar-refractivity contribution is -0.316. The van der Waals surface area contributed by atoms with Crippen molar-refractivity contribution in [1.29, 1.82) is 0 Å². The number of fused-ring (bicyclic) bond motifs is 7. The summed E-state index contributed by atoms with van der Waals surface area (Å²) in [7, 11) is 0. The highest BCUT2D eigenvalue weighted by Crippen LogP contribution is 2.75. The molecule has 5 fully saturated rings. The molecule has 16 atom stereocenters. The highest BCUT2D eigenvalue weighted by molar-refractivity contribution is 5.74. The number of hydrogen-bond acceptors (Lipinski definition) is 10. The molecule has 11 nitrogen and oxygen atoms in total. The van der Waals surface area contributed by atoms with E-state index in [1.807, 2.05) is 13.8 Å². The van der Waals surface area contributed by atoms with Gasteiger partial charge in [0.05, 0.1) is 30.3 Å². The van der Waals surface area contributed by atoms with Crippen molar-refractivity contribution in [1.82, 2.24) is 0 Å². The van der Waals surface area contributed by atoms with Crippen molar-refractivity contribution in [3.05, 3.63) is 11.6 Å². The molecule has 6 aliphatic rings. The molecule has 0 aromatic carbocycles. The number of aliphatic carboxylic acids is 1. The molecule has 4 saturated carbocycles. The Hall–Kier alpha value is -2.05. The van der Waals surface area contributed by atoms with Crippen molar-refractivity contribution in [3.63, 3.8) is 0 Å². The summed E-state index contributed by atoms with van der Waals surface area (Å²) >= 11 is 0. The molecule has 288 valence electrons. The standard InChI is InChI=1S/C40H62O11/c1-21-31(50-22(2)41)32(51-23(3)42)30(45)33(49-21)48-20-37(6)26-12-13-39(8)27(40(26,9)29(44)18-28(37)43)11-10-24-25-19-36(5,34(46)47)15-14-35(25,4)16-17-38(24,39)7/h10,21,25-33,43-45H,11-20H2,1-9H3,(H,46,47)/t21-,25-,26-,27+,28-,29-,30+,31-,32-,33+,35+,36+,37-,38+,39+,40-/m0/s1. The molecule has 51 heavy (non-hydrogen) atoms. The number of carbonyl (C=O) groups excluding carboxylic acids is 2. The molecular formula is C40H62O11. The first-order chi connectivity index (χ1) is 23.6. The Morgan fingerprint density at radius 3 is 2.12 bits per heavy atom. The van der Waals surface area contributed by atoms with Gasteiger partial charge in [0, 0.05) is 31.1 Å². The predicted molar refractivity (Wildman–Crippen MR) is 186 cm³/mol. The van der Waals surface area contributed by atoms with E-state index in [-0.39, 0.29) is 47.0 Å².